The van der Waals surface area contributed by atoms with Gasteiger partial charge in [-0.25, -0.2) is 4.79 Å². The summed E-state index contributed by atoms with van der Waals surface area (Å²) in [5.41, 5.74) is 7.36. The van der Waals surface area contributed by atoms with E-state index in [1.165, 1.54) is 0 Å². The molecule has 5 nitrogen and oxygen atoms in total. The number of anilines is 2. The summed E-state index contributed by atoms with van der Waals surface area (Å²) in [5, 5.41) is 3.16. The second-order valence-corrected chi connectivity index (χ2v) is 8.69. The van der Waals surface area contributed by atoms with Gasteiger partial charge in [-0.2, -0.15) is 0 Å². The van der Waals surface area contributed by atoms with Gasteiger partial charge in [0.15, 0.2) is 0 Å². The van der Waals surface area contributed by atoms with Gasteiger partial charge in [-0.1, -0.05) is 48.5 Å². The van der Waals surface area contributed by atoms with Crippen LogP contribution in [0.25, 0.3) is 5.69 Å². The van der Waals surface area contributed by atoms with Gasteiger partial charge in [0, 0.05) is 37.4 Å². The number of urea groups is 1. The average Bonchev–Trinajstić information content (AvgIpc) is 3.25. The van der Waals surface area contributed by atoms with Crippen molar-refractivity contribution in [1.29, 1.82) is 0 Å². The molecule has 4 aromatic rings. The normalized spacial score (nSPS) is 14.8. The number of nitrogens with zero attached hydrogens (tertiary/aromatic N) is 3. The first-order valence-electron chi connectivity index (χ1n) is 11.2. The third-order valence-corrected chi connectivity index (χ3v) is 6.34. The fraction of sp³-hybridized carbons (Fsp3) is 0.179. The average molecular weight is 437 g/mol. The Hall–Kier alpha value is -3.99. The summed E-state index contributed by atoms with van der Waals surface area (Å²) in [4.78, 5) is 17.8. The maximum absolute atomic E-state index is 13.8. The van der Waals surface area contributed by atoms with Gasteiger partial charge in [-0.15, -0.1) is 0 Å². The lowest BCUT2D eigenvalue weighted by Crippen LogP contribution is -2.38. The first-order valence-corrected chi connectivity index (χ1v) is 11.2. The number of nitrogens with one attached hydrogen (secondary N) is 1. The Morgan fingerprint density at radius 2 is 1.64 bits per heavy atom. The van der Waals surface area contributed by atoms with E-state index in [4.69, 9.17) is 0 Å². The predicted octanol–water partition coefficient (Wildman–Crippen LogP) is 5.99. The molecule has 0 aliphatic carbocycles. The molecule has 1 N–H and O–H groups in total. The highest BCUT2D eigenvalue weighted by Gasteiger charge is 2.33. The molecule has 1 aromatic heterocycles. The van der Waals surface area contributed by atoms with Gasteiger partial charge in [-0.05, 0) is 60.0 Å². The monoisotopic (exact) mass is 436 g/mol. The summed E-state index contributed by atoms with van der Waals surface area (Å²) >= 11 is 0. The van der Waals surface area contributed by atoms with Gasteiger partial charge in [0.05, 0.1) is 18.3 Å². The zero-order chi connectivity index (χ0) is 22.9. The zero-order valence-corrected chi connectivity index (χ0v) is 19.2. The van der Waals surface area contributed by atoms with Crippen LogP contribution in [0, 0.1) is 6.92 Å². The molecule has 0 bridgehead atoms. The second kappa shape index (κ2) is 8.51. The number of para-hydroxylation sites is 2. The molecule has 1 aliphatic heterocycles. The van der Waals surface area contributed by atoms with E-state index in [0.717, 1.165) is 39.4 Å². The molecule has 0 fully saturated rings. The number of aryl methyl sites for hydroxylation is 1. The molecular formula is C28H28N4O. The molecular weight excluding hydrogens is 408 g/mol. The maximum atomic E-state index is 13.8. The van der Waals surface area contributed by atoms with Crippen LogP contribution in [0.15, 0.2) is 91.1 Å². The van der Waals surface area contributed by atoms with Crippen molar-refractivity contribution in [2.45, 2.75) is 19.5 Å². The van der Waals surface area contributed by atoms with E-state index in [-0.39, 0.29) is 12.1 Å². The molecule has 1 atom stereocenters. The van der Waals surface area contributed by atoms with Crippen LogP contribution >= 0.6 is 0 Å². The summed E-state index contributed by atoms with van der Waals surface area (Å²) in [6, 6.07) is 28.5. The van der Waals surface area contributed by atoms with E-state index >= 15 is 0 Å². The van der Waals surface area contributed by atoms with Gasteiger partial charge in [0.25, 0.3) is 0 Å². The van der Waals surface area contributed by atoms with Crippen molar-refractivity contribution in [3.63, 3.8) is 0 Å². The summed E-state index contributed by atoms with van der Waals surface area (Å²) < 4.78 is 2.21. The van der Waals surface area contributed by atoms with Crippen LogP contribution in [0.1, 0.15) is 28.4 Å². The van der Waals surface area contributed by atoms with Crippen LogP contribution in [-0.4, -0.2) is 29.6 Å². The number of carbonyl (C=O) groups is 1. The molecule has 0 spiro atoms. The van der Waals surface area contributed by atoms with E-state index in [9.17, 15) is 4.79 Å². The third-order valence-electron chi connectivity index (χ3n) is 6.34. The first kappa shape index (κ1) is 20.9. The molecule has 5 heteroatoms. The van der Waals surface area contributed by atoms with Crippen molar-refractivity contribution in [2.24, 2.45) is 0 Å². The van der Waals surface area contributed by atoms with Crippen molar-refractivity contribution >= 4 is 17.4 Å². The second-order valence-electron chi connectivity index (χ2n) is 8.69. The number of fused-ring (bicyclic) bond motifs is 3. The lowest BCUT2D eigenvalue weighted by Gasteiger charge is -2.31. The predicted molar refractivity (Wildman–Crippen MR) is 134 cm³/mol. The highest BCUT2D eigenvalue weighted by atomic mass is 16.2. The molecule has 0 saturated carbocycles. The Morgan fingerprint density at radius 1 is 0.909 bits per heavy atom. The van der Waals surface area contributed by atoms with Crippen LogP contribution in [0.4, 0.5) is 16.2 Å². The Balaban J connectivity index is 1.62. The smallest absolute Gasteiger partial charge is 0.322 e. The lowest BCUT2D eigenvalue weighted by atomic mass is 10.0. The third kappa shape index (κ3) is 3.87. The van der Waals surface area contributed by atoms with Crippen LogP contribution in [0.2, 0.25) is 0 Å². The maximum Gasteiger partial charge on any atom is 0.322 e. The van der Waals surface area contributed by atoms with Crippen molar-refractivity contribution in [1.82, 2.24) is 9.47 Å². The zero-order valence-electron chi connectivity index (χ0n) is 19.2. The molecule has 3 aromatic carbocycles. The molecule has 0 saturated heterocycles. The number of benzene rings is 3. The molecule has 2 amide bonds. The Labute approximate surface area is 194 Å². The van der Waals surface area contributed by atoms with Crippen molar-refractivity contribution in [3.8, 4) is 5.69 Å². The summed E-state index contributed by atoms with van der Waals surface area (Å²) in [5.74, 6) is 0. The SMILES string of the molecule is Cc1ccccc1NC(=O)N1Cc2ccccc2-n2cccc2[C@H]1c1ccc(N(C)C)cc1. The van der Waals surface area contributed by atoms with Crippen molar-refractivity contribution in [3.05, 3.63) is 114 Å². The Kier molecular flexibility index (Phi) is 5.38. The Morgan fingerprint density at radius 3 is 2.39 bits per heavy atom. The van der Waals surface area contributed by atoms with Crippen LogP contribution < -0.4 is 10.2 Å². The molecule has 0 unspecified atom stereocenters. The van der Waals surface area contributed by atoms with Gasteiger partial charge < -0.3 is 19.7 Å². The number of carbonyl (C=O) groups excluding carboxylic acids is 1. The highest BCUT2D eigenvalue weighted by Crippen LogP contribution is 2.37. The number of aromatic nitrogens is 1. The molecule has 166 valence electrons. The first-order chi connectivity index (χ1) is 16.0. The van der Waals surface area contributed by atoms with Gasteiger partial charge in [0.1, 0.15) is 0 Å². The highest BCUT2D eigenvalue weighted by molar-refractivity contribution is 5.91. The van der Waals surface area contributed by atoms with Crippen molar-refractivity contribution < 1.29 is 4.79 Å². The standard InChI is InChI=1S/C28H28N4O/c1-20-9-4-6-11-24(20)29-28(33)32-19-22-10-5-7-12-25(22)31-18-8-13-26(31)27(32)21-14-16-23(17-15-21)30(2)3/h4-18,27H,19H2,1-3H3,(H,29,33)/t27-/m1/s1. The molecule has 33 heavy (non-hydrogen) atoms. The summed E-state index contributed by atoms with van der Waals surface area (Å²) in [6.45, 7) is 2.52. The molecule has 0 radical (unpaired) electrons. The minimum atomic E-state index is -0.229. The van der Waals surface area contributed by atoms with Gasteiger partial charge in [0.2, 0.25) is 0 Å². The minimum Gasteiger partial charge on any atom is -0.378 e. The van der Waals surface area contributed by atoms with Crippen LogP contribution in [0.3, 0.4) is 0 Å². The fourth-order valence-corrected chi connectivity index (χ4v) is 4.55. The quantitative estimate of drug-likeness (QED) is 0.429. The largest absolute Gasteiger partial charge is 0.378 e. The van der Waals surface area contributed by atoms with Crippen LogP contribution in [-0.2, 0) is 6.54 Å². The molecule has 1 aliphatic rings. The van der Waals surface area contributed by atoms with Crippen LogP contribution in [0.5, 0.6) is 0 Å². The van der Waals surface area contributed by atoms with E-state index in [0.29, 0.717) is 6.54 Å². The van der Waals surface area contributed by atoms with E-state index < -0.39 is 0 Å². The fourth-order valence-electron chi connectivity index (χ4n) is 4.55. The van der Waals surface area contributed by atoms with Gasteiger partial charge >= 0.3 is 6.03 Å². The summed E-state index contributed by atoms with van der Waals surface area (Å²) in [7, 11) is 4.06. The number of hydrogen-bond donors (Lipinski definition) is 1. The Bertz CT molecular complexity index is 1290. The number of rotatable bonds is 3. The number of hydrogen-bond acceptors (Lipinski definition) is 2. The van der Waals surface area contributed by atoms with E-state index in [1.54, 1.807) is 0 Å². The van der Waals surface area contributed by atoms with E-state index in [2.05, 4.69) is 69.5 Å². The lowest BCUT2D eigenvalue weighted by molar-refractivity contribution is 0.194. The summed E-state index contributed by atoms with van der Waals surface area (Å²) in [6.07, 6.45) is 2.08. The number of amides is 2. The van der Waals surface area contributed by atoms with E-state index in [1.807, 2.05) is 62.3 Å². The minimum absolute atomic E-state index is 0.115. The molecule has 2 heterocycles. The van der Waals surface area contributed by atoms with Gasteiger partial charge in [-0.3, -0.25) is 0 Å². The topological polar surface area (TPSA) is 40.5 Å². The van der Waals surface area contributed by atoms with Crippen molar-refractivity contribution in [2.75, 3.05) is 24.3 Å². The molecule has 5 rings (SSSR count).